The molecule has 0 fully saturated rings. The van der Waals surface area contributed by atoms with Crippen molar-refractivity contribution >= 4 is 23.1 Å². The van der Waals surface area contributed by atoms with E-state index in [1.54, 1.807) is 6.07 Å². The standard InChI is InChI=1S/C15H15ClN2O/c1-15(2)7-13(10(9-17)14(19)8-15)18-12-6-4-3-5-11(12)16/h3-6,18H,7-8H2,1-2H3. The minimum Gasteiger partial charge on any atom is -0.356 e. The molecule has 0 bridgehead atoms. The number of ketones is 1. The second-order valence-electron chi connectivity index (χ2n) is 5.51. The quantitative estimate of drug-likeness (QED) is 0.889. The molecule has 0 radical (unpaired) electrons. The molecule has 0 heterocycles. The Labute approximate surface area is 117 Å². The molecule has 2 rings (SSSR count). The van der Waals surface area contributed by atoms with Gasteiger partial charge < -0.3 is 5.32 Å². The smallest absolute Gasteiger partial charge is 0.175 e. The minimum atomic E-state index is -0.138. The molecule has 0 saturated heterocycles. The van der Waals surface area contributed by atoms with Crippen molar-refractivity contribution in [2.24, 2.45) is 5.41 Å². The van der Waals surface area contributed by atoms with E-state index >= 15 is 0 Å². The van der Waals surface area contributed by atoms with Gasteiger partial charge >= 0.3 is 0 Å². The molecule has 1 aliphatic carbocycles. The molecule has 0 atom stereocenters. The zero-order valence-electron chi connectivity index (χ0n) is 11.0. The van der Waals surface area contributed by atoms with Gasteiger partial charge in [0, 0.05) is 12.1 Å². The molecule has 0 unspecified atom stereocenters. The Bertz CT molecular complexity index is 596. The number of halogens is 1. The maximum atomic E-state index is 12.0. The predicted molar refractivity (Wildman–Crippen MR) is 75.7 cm³/mol. The van der Waals surface area contributed by atoms with E-state index in [-0.39, 0.29) is 16.8 Å². The Kier molecular flexibility index (Phi) is 3.64. The van der Waals surface area contributed by atoms with Crippen LogP contribution in [0.25, 0.3) is 0 Å². The Morgan fingerprint density at radius 3 is 2.63 bits per heavy atom. The van der Waals surface area contributed by atoms with Crippen LogP contribution >= 0.6 is 11.6 Å². The number of carbonyl (C=O) groups excluding carboxylic acids is 1. The summed E-state index contributed by atoms with van der Waals surface area (Å²) in [5.74, 6) is -0.103. The second kappa shape index (κ2) is 5.07. The molecule has 0 aliphatic heterocycles. The fourth-order valence-corrected chi connectivity index (χ4v) is 2.47. The maximum Gasteiger partial charge on any atom is 0.175 e. The lowest BCUT2D eigenvalue weighted by atomic mass is 9.76. The number of rotatable bonds is 2. The van der Waals surface area contributed by atoms with Gasteiger partial charge in [-0.2, -0.15) is 5.26 Å². The molecule has 0 aromatic heterocycles. The Morgan fingerprint density at radius 2 is 2.00 bits per heavy atom. The van der Waals surface area contributed by atoms with Crippen molar-refractivity contribution in [1.82, 2.24) is 0 Å². The predicted octanol–water partition coefficient (Wildman–Crippen LogP) is 3.92. The maximum absolute atomic E-state index is 12.0. The van der Waals surface area contributed by atoms with Crippen LogP contribution in [0, 0.1) is 16.7 Å². The van der Waals surface area contributed by atoms with Crippen molar-refractivity contribution in [3.8, 4) is 6.07 Å². The number of Topliss-reactive ketones (excluding diaryl/α,β-unsaturated/α-hetero) is 1. The van der Waals surface area contributed by atoms with E-state index in [0.29, 0.717) is 23.6 Å². The highest BCUT2D eigenvalue weighted by molar-refractivity contribution is 6.33. The van der Waals surface area contributed by atoms with Gasteiger partial charge in [0.25, 0.3) is 0 Å². The molecule has 1 aromatic carbocycles. The van der Waals surface area contributed by atoms with Crippen molar-refractivity contribution in [2.75, 3.05) is 5.32 Å². The summed E-state index contributed by atoms with van der Waals surface area (Å²) in [7, 11) is 0. The molecule has 0 saturated carbocycles. The third kappa shape index (κ3) is 2.97. The number of anilines is 1. The third-order valence-electron chi connectivity index (χ3n) is 3.15. The average molecular weight is 275 g/mol. The minimum absolute atomic E-state index is 0.103. The molecule has 19 heavy (non-hydrogen) atoms. The van der Waals surface area contributed by atoms with Crippen LogP contribution in [0.2, 0.25) is 5.02 Å². The van der Waals surface area contributed by atoms with Gasteiger partial charge in [0.2, 0.25) is 0 Å². The Morgan fingerprint density at radius 1 is 1.32 bits per heavy atom. The summed E-state index contributed by atoms with van der Waals surface area (Å²) in [5.41, 5.74) is 1.47. The first-order valence-corrected chi connectivity index (χ1v) is 6.49. The van der Waals surface area contributed by atoms with Crippen molar-refractivity contribution in [2.45, 2.75) is 26.7 Å². The number of nitrogens with one attached hydrogen (secondary N) is 1. The summed E-state index contributed by atoms with van der Waals surface area (Å²) in [6, 6.07) is 9.30. The van der Waals surface area contributed by atoms with Gasteiger partial charge in [-0.15, -0.1) is 0 Å². The van der Waals surface area contributed by atoms with Crippen LogP contribution in [0.5, 0.6) is 0 Å². The second-order valence-corrected chi connectivity index (χ2v) is 5.92. The molecule has 1 N–H and O–H groups in total. The van der Waals surface area contributed by atoms with E-state index < -0.39 is 0 Å². The number of benzene rings is 1. The molecule has 3 nitrogen and oxygen atoms in total. The van der Waals surface area contributed by atoms with E-state index in [4.69, 9.17) is 16.9 Å². The zero-order valence-corrected chi connectivity index (χ0v) is 11.7. The fraction of sp³-hybridized carbons (Fsp3) is 0.333. The van der Waals surface area contributed by atoms with Crippen LogP contribution in [0.15, 0.2) is 35.5 Å². The first-order valence-electron chi connectivity index (χ1n) is 6.11. The molecule has 1 aromatic rings. The highest BCUT2D eigenvalue weighted by Gasteiger charge is 2.33. The fourth-order valence-electron chi connectivity index (χ4n) is 2.28. The van der Waals surface area contributed by atoms with Crippen LogP contribution in [0.1, 0.15) is 26.7 Å². The summed E-state index contributed by atoms with van der Waals surface area (Å²) in [6.07, 6.45) is 1.07. The van der Waals surface area contributed by atoms with Crippen LogP contribution < -0.4 is 5.32 Å². The molecule has 1 aliphatic rings. The number of hydrogen-bond donors (Lipinski definition) is 1. The van der Waals surface area contributed by atoms with E-state index in [0.717, 1.165) is 5.69 Å². The summed E-state index contributed by atoms with van der Waals surface area (Å²) in [6.45, 7) is 4.04. The highest BCUT2D eigenvalue weighted by atomic mass is 35.5. The number of allylic oxidation sites excluding steroid dienone is 2. The summed E-state index contributed by atoms with van der Waals surface area (Å²) in [5, 5.41) is 12.9. The molecular formula is C15H15ClN2O. The number of carbonyl (C=O) groups is 1. The van der Waals surface area contributed by atoms with Gasteiger partial charge in [-0.05, 0) is 24.0 Å². The van der Waals surface area contributed by atoms with Gasteiger partial charge in [-0.25, -0.2) is 0 Å². The van der Waals surface area contributed by atoms with Crippen LogP contribution in [0.4, 0.5) is 5.69 Å². The Hall–Kier alpha value is -1.79. The largest absolute Gasteiger partial charge is 0.356 e. The lowest BCUT2D eigenvalue weighted by molar-refractivity contribution is -0.117. The number of nitrogens with zero attached hydrogens (tertiary/aromatic N) is 1. The molecule has 0 amide bonds. The number of nitriles is 1. The van der Waals surface area contributed by atoms with Gasteiger partial charge in [0.05, 0.1) is 10.7 Å². The van der Waals surface area contributed by atoms with E-state index in [9.17, 15) is 4.79 Å². The Balaban J connectivity index is 2.39. The number of para-hydroxylation sites is 1. The van der Waals surface area contributed by atoms with Crippen molar-refractivity contribution < 1.29 is 4.79 Å². The molecule has 4 heteroatoms. The van der Waals surface area contributed by atoms with Crippen LogP contribution in [0.3, 0.4) is 0 Å². The monoisotopic (exact) mass is 274 g/mol. The summed E-state index contributed by atoms with van der Waals surface area (Å²) >= 11 is 6.09. The molecular weight excluding hydrogens is 260 g/mol. The van der Waals surface area contributed by atoms with Gasteiger partial charge in [-0.1, -0.05) is 37.6 Å². The first-order chi connectivity index (χ1) is 8.93. The van der Waals surface area contributed by atoms with Gasteiger partial charge in [0.1, 0.15) is 11.6 Å². The normalized spacial score (nSPS) is 18.1. The molecule has 98 valence electrons. The van der Waals surface area contributed by atoms with Crippen molar-refractivity contribution in [3.63, 3.8) is 0 Å². The van der Waals surface area contributed by atoms with Crippen molar-refractivity contribution in [1.29, 1.82) is 5.26 Å². The average Bonchev–Trinajstić information content (AvgIpc) is 2.30. The third-order valence-corrected chi connectivity index (χ3v) is 3.48. The van der Waals surface area contributed by atoms with E-state index in [1.807, 2.05) is 38.1 Å². The lowest BCUT2D eigenvalue weighted by Gasteiger charge is -2.30. The van der Waals surface area contributed by atoms with Gasteiger partial charge in [0.15, 0.2) is 5.78 Å². The summed E-state index contributed by atoms with van der Waals surface area (Å²) in [4.78, 5) is 12.0. The molecule has 0 spiro atoms. The van der Waals surface area contributed by atoms with E-state index in [2.05, 4.69) is 5.32 Å². The van der Waals surface area contributed by atoms with Gasteiger partial charge in [-0.3, -0.25) is 4.79 Å². The van der Waals surface area contributed by atoms with Crippen LogP contribution in [-0.2, 0) is 4.79 Å². The zero-order chi connectivity index (χ0) is 14.0. The van der Waals surface area contributed by atoms with E-state index in [1.165, 1.54) is 0 Å². The highest BCUT2D eigenvalue weighted by Crippen LogP contribution is 2.37. The number of hydrogen-bond acceptors (Lipinski definition) is 3. The lowest BCUT2D eigenvalue weighted by Crippen LogP contribution is -2.28. The van der Waals surface area contributed by atoms with Crippen LogP contribution in [-0.4, -0.2) is 5.78 Å². The summed E-state index contributed by atoms with van der Waals surface area (Å²) < 4.78 is 0. The van der Waals surface area contributed by atoms with Crippen molar-refractivity contribution in [3.05, 3.63) is 40.6 Å². The first kappa shape index (κ1) is 13.6. The SMILES string of the molecule is CC1(C)CC(=O)C(C#N)=C(Nc2ccccc2Cl)C1. The topological polar surface area (TPSA) is 52.9 Å².